The topological polar surface area (TPSA) is 54.6 Å². The molecule has 0 spiro atoms. The van der Waals surface area contributed by atoms with Crippen LogP contribution in [0.3, 0.4) is 0 Å². The molecule has 4 nitrogen and oxygen atoms in total. The van der Waals surface area contributed by atoms with Gasteiger partial charge in [-0.2, -0.15) is 0 Å². The molecule has 2 heterocycles. The summed E-state index contributed by atoms with van der Waals surface area (Å²) in [6, 6.07) is 3.37. The highest BCUT2D eigenvalue weighted by Gasteiger charge is 2.01. The van der Waals surface area contributed by atoms with Gasteiger partial charge in [-0.15, -0.1) is 0 Å². The molecule has 0 saturated carbocycles. The first-order chi connectivity index (χ1) is 7.16. The van der Waals surface area contributed by atoms with Gasteiger partial charge >= 0.3 is 0 Å². The van der Waals surface area contributed by atoms with Crippen LogP contribution in [-0.4, -0.2) is 14.5 Å². The minimum Gasteiger partial charge on any atom is -0.336 e. The SMILES string of the molecule is Cn1cc(-c2ncc(F)cn2)ccc1=N. The van der Waals surface area contributed by atoms with Crippen molar-refractivity contribution in [3.8, 4) is 11.4 Å². The number of nitrogens with one attached hydrogen (secondary N) is 1. The van der Waals surface area contributed by atoms with Gasteiger partial charge in [0.2, 0.25) is 0 Å². The van der Waals surface area contributed by atoms with Crippen molar-refractivity contribution in [1.82, 2.24) is 14.5 Å². The Kier molecular flexibility index (Phi) is 2.29. The molecule has 2 rings (SSSR count). The third kappa shape index (κ3) is 1.90. The van der Waals surface area contributed by atoms with Crippen molar-refractivity contribution in [1.29, 1.82) is 5.41 Å². The van der Waals surface area contributed by atoms with Crippen molar-refractivity contribution in [2.24, 2.45) is 7.05 Å². The second-order valence-corrected chi connectivity index (χ2v) is 3.14. The number of aryl methyl sites for hydroxylation is 1. The Morgan fingerprint density at radius 2 is 1.93 bits per heavy atom. The molecule has 15 heavy (non-hydrogen) atoms. The van der Waals surface area contributed by atoms with Crippen LogP contribution < -0.4 is 5.49 Å². The molecule has 0 aliphatic carbocycles. The van der Waals surface area contributed by atoms with Crippen LogP contribution in [0.1, 0.15) is 0 Å². The zero-order valence-corrected chi connectivity index (χ0v) is 8.11. The molecule has 0 aliphatic heterocycles. The number of pyridine rings is 1. The molecule has 76 valence electrons. The van der Waals surface area contributed by atoms with E-state index in [0.29, 0.717) is 11.3 Å². The summed E-state index contributed by atoms with van der Waals surface area (Å²) in [5.74, 6) is -0.00719. The third-order valence-electron chi connectivity index (χ3n) is 2.01. The maximum absolute atomic E-state index is 12.6. The molecule has 2 aromatic heterocycles. The smallest absolute Gasteiger partial charge is 0.160 e. The average Bonchev–Trinajstić information content (AvgIpc) is 2.23. The van der Waals surface area contributed by atoms with Gasteiger partial charge in [0.15, 0.2) is 11.6 Å². The molecular weight excluding hydrogens is 195 g/mol. The first kappa shape index (κ1) is 9.51. The monoisotopic (exact) mass is 204 g/mol. The highest BCUT2D eigenvalue weighted by molar-refractivity contribution is 5.52. The van der Waals surface area contributed by atoms with Crippen LogP contribution in [0, 0.1) is 11.2 Å². The second-order valence-electron chi connectivity index (χ2n) is 3.14. The standard InChI is InChI=1S/C10H9FN4/c1-15-6-7(2-3-9(15)12)10-13-4-8(11)5-14-10/h2-6,12H,1H3. The predicted molar refractivity (Wildman–Crippen MR) is 52.3 cm³/mol. The van der Waals surface area contributed by atoms with E-state index < -0.39 is 5.82 Å². The fraction of sp³-hybridized carbons (Fsp3) is 0.100. The molecule has 2 aromatic rings. The summed E-state index contributed by atoms with van der Waals surface area (Å²) in [7, 11) is 1.76. The molecule has 0 bridgehead atoms. The zero-order valence-electron chi connectivity index (χ0n) is 8.11. The average molecular weight is 204 g/mol. The Hall–Kier alpha value is -2.04. The van der Waals surface area contributed by atoms with Gasteiger partial charge in [-0.3, -0.25) is 5.41 Å². The van der Waals surface area contributed by atoms with E-state index in [1.807, 2.05) is 0 Å². The van der Waals surface area contributed by atoms with Crippen LogP contribution in [-0.2, 0) is 7.05 Å². The summed E-state index contributed by atoms with van der Waals surface area (Å²) in [5.41, 5.74) is 1.15. The van der Waals surface area contributed by atoms with Gasteiger partial charge in [0.1, 0.15) is 5.49 Å². The van der Waals surface area contributed by atoms with Crippen LogP contribution in [0.25, 0.3) is 11.4 Å². The Morgan fingerprint density at radius 3 is 2.53 bits per heavy atom. The molecular formula is C10H9FN4. The van der Waals surface area contributed by atoms with Crippen molar-refractivity contribution >= 4 is 0 Å². The van der Waals surface area contributed by atoms with Crippen molar-refractivity contribution in [2.45, 2.75) is 0 Å². The first-order valence-electron chi connectivity index (χ1n) is 4.36. The lowest BCUT2D eigenvalue weighted by Crippen LogP contribution is -2.14. The summed E-state index contributed by atoms with van der Waals surface area (Å²) >= 11 is 0. The number of nitrogens with zero attached hydrogens (tertiary/aromatic N) is 3. The van der Waals surface area contributed by atoms with E-state index >= 15 is 0 Å². The third-order valence-corrected chi connectivity index (χ3v) is 2.01. The Balaban J connectivity index is 2.50. The van der Waals surface area contributed by atoms with Crippen molar-refractivity contribution in [2.75, 3.05) is 0 Å². The Morgan fingerprint density at radius 1 is 1.27 bits per heavy atom. The van der Waals surface area contributed by atoms with Crippen molar-refractivity contribution < 1.29 is 4.39 Å². The summed E-state index contributed by atoms with van der Waals surface area (Å²) in [5, 5.41) is 7.47. The Bertz CT molecular complexity index is 530. The van der Waals surface area contributed by atoms with Crippen LogP contribution in [0.4, 0.5) is 4.39 Å². The maximum atomic E-state index is 12.6. The van der Waals surface area contributed by atoms with E-state index in [1.165, 1.54) is 0 Å². The largest absolute Gasteiger partial charge is 0.336 e. The van der Waals surface area contributed by atoms with Gasteiger partial charge < -0.3 is 4.57 Å². The van der Waals surface area contributed by atoms with E-state index in [9.17, 15) is 4.39 Å². The van der Waals surface area contributed by atoms with Crippen LogP contribution in [0.2, 0.25) is 0 Å². The molecule has 1 N–H and O–H groups in total. The lowest BCUT2D eigenvalue weighted by atomic mass is 10.2. The minimum absolute atomic E-state index is 0.390. The van der Waals surface area contributed by atoms with E-state index in [2.05, 4.69) is 9.97 Å². The summed E-state index contributed by atoms with van der Waals surface area (Å²) in [6.45, 7) is 0. The van der Waals surface area contributed by atoms with Crippen LogP contribution in [0.5, 0.6) is 0 Å². The second kappa shape index (κ2) is 3.61. The number of halogens is 1. The van der Waals surface area contributed by atoms with Gasteiger partial charge in [0.05, 0.1) is 12.4 Å². The molecule has 5 heteroatoms. The molecule has 0 aliphatic rings. The molecule has 0 fully saturated rings. The van der Waals surface area contributed by atoms with Gasteiger partial charge in [0.25, 0.3) is 0 Å². The number of hydrogen-bond acceptors (Lipinski definition) is 3. The van der Waals surface area contributed by atoms with Gasteiger partial charge in [-0.1, -0.05) is 0 Å². The lowest BCUT2D eigenvalue weighted by molar-refractivity contribution is 0.614. The first-order valence-corrected chi connectivity index (χ1v) is 4.36. The van der Waals surface area contributed by atoms with E-state index in [-0.39, 0.29) is 0 Å². The van der Waals surface area contributed by atoms with E-state index in [0.717, 1.165) is 18.0 Å². The minimum atomic E-state index is -0.458. The molecule has 0 aromatic carbocycles. The highest BCUT2D eigenvalue weighted by Crippen LogP contribution is 2.10. The van der Waals surface area contributed by atoms with Crippen LogP contribution >= 0.6 is 0 Å². The molecule has 0 saturated heterocycles. The summed E-state index contributed by atoms with van der Waals surface area (Å²) < 4.78 is 14.2. The number of rotatable bonds is 1. The fourth-order valence-electron chi connectivity index (χ4n) is 1.20. The van der Waals surface area contributed by atoms with Crippen LogP contribution in [0.15, 0.2) is 30.7 Å². The predicted octanol–water partition coefficient (Wildman–Crippen LogP) is 1.10. The number of aromatic nitrogens is 3. The molecule has 0 amide bonds. The van der Waals surface area contributed by atoms with Gasteiger partial charge in [0, 0.05) is 18.8 Å². The van der Waals surface area contributed by atoms with Gasteiger partial charge in [-0.25, -0.2) is 14.4 Å². The van der Waals surface area contributed by atoms with E-state index in [1.54, 1.807) is 29.9 Å². The zero-order chi connectivity index (χ0) is 10.8. The molecule has 0 unspecified atom stereocenters. The summed E-state index contributed by atoms with van der Waals surface area (Å²) in [6.07, 6.45) is 3.98. The molecule has 0 atom stereocenters. The van der Waals surface area contributed by atoms with Crippen molar-refractivity contribution in [3.63, 3.8) is 0 Å². The van der Waals surface area contributed by atoms with Crippen molar-refractivity contribution in [3.05, 3.63) is 42.0 Å². The highest BCUT2D eigenvalue weighted by atomic mass is 19.1. The van der Waals surface area contributed by atoms with Gasteiger partial charge in [-0.05, 0) is 12.1 Å². The summed E-state index contributed by atoms with van der Waals surface area (Å²) in [4.78, 5) is 7.72. The van der Waals surface area contributed by atoms with E-state index in [4.69, 9.17) is 5.41 Å². The lowest BCUT2D eigenvalue weighted by Gasteiger charge is -2.02. The Labute approximate surface area is 85.6 Å². The fourth-order valence-corrected chi connectivity index (χ4v) is 1.20. The molecule has 0 radical (unpaired) electrons. The number of hydrogen-bond donors (Lipinski definition) is 1. The normalized spacial score (nSPS) is 10.3. The maximum Gasteiger partial charge on any atom is 0.160 e. The quantitative estimate of drug-likeness (QED) is 0.756.